The number of morpholine rings is 1. The van der Waals surface area contributed by atoms with Gasteiger partial charge in [0.1, 0.15) is 6.54 Å². The number of hydrogen-bond donors (Lipinski definition) is 1. The molecular formula is C23H23N5O5S. The molecule has 0 radical (unpaired) electrons. The number of carbonyl (C=O) groups is 2. The van der Waals surface area contributed by atoms with Gasteiger partial charge in [0.25, 0.3) is 5.69 Å². The molecule has 34 heavy (non-hydrogen) atoms. The summed E-state index contributed by atoms with van der Waals surface area (Å²) in [5.41, 5.74) is 4.20. The SMILES string of the molecule is O=C(CSc1ccc([N+](=O)[O-])cc1)N/N=C\c1cn(CC(=O)N2CCOCC2)c2ccccc12. The number of carbonyl (C=O) groups excluding carboxylic acids is 2. The summed E-state index contributed by atoms with van der Waals surface area (Å²) in [6.07, 6.45) is 3.41. The van der Waals surface area contributed by atoms with Gasteiger partial charge in [0.15, 0.2) is 0 Å². The van der Waals surface area contributed by atoms with Crippen LogP contribution in [0.15, 0.2) is 64.7 Å². The lowest BCUT2D eigenvalue weighted by atomic mass is 10.2. The number of hydrogen-bond acceptors (Lipinski definition) is 7. The van der Waals surface area contributed by atoms with E-state index in [-0.39, 0.29) is 29.8 Å². The first kappa shape index (κ1) is 23.5. The molecule has 1 N–H and O–H groups in total. The fraction of sp³-hybridized carbons (Fsp3) is 0.261. The average molecular weight is 482 g/mol. The highest BCUT2D eigenvalue weighted by Crippen LogP contribution is 2.22. The molecule has 3 aromatic rings. The number of benzene rings is 2. The summed E-state index contributed by atoms with van der Waals surface area (Å²) in [5, 5.41) is 15.7. The van der Waals surface area contributed by atoms with Crippen LogP contribution in [0.2, 0.25) is 0 Å². The van der Waals surface area contributed by atoms with Crippen molar-refractivity contribution in [3.63, 3.8) is 0 Å². The number of fused-ring (bicyclic) bond motifs is 1. The van der Waals surface area contributed by atoms with Crippen molar-refractivity contribution < 1.29 is 19.2 Å². The summed E-state index contributed by atoms with van der Waals surface area (Å²) in [4.78, 5) is 37.6. The van der Waals surface area contributed by atoms with Gasteiger partial charge in [-0.2, -0.15) is 5.10 Å². The first-order chi connectivity index (χ1) is 16.5. The van der Waals surface area contributed by atoms with E-state index in [1.807, 2.05) is 35.0 Å². The Kier molecular flexibility index (Phi) is 7.55. The molecule has 176 valence electrons. The molecule has 0 aliphatic carbocycles. The van der Waals surface area contributed by atoms with E-state index in [0.29, 0.717) is 26.3 Å². The van der Waals surface area contributed by atoms with Crippen molar-refractivity contribution in [3.8, 4) is 0 Å². The number of ether oxygens (including phenoxy) is 1. The molecule has 1 fully saturated rings. The van der Waals surface area contributed by atoms with Gasteiger partial charge >= 0.3 is 0 Å². The van der Waals surface area contributed by atoms with Crippen LogP contribution >= 0.6 is 11.8 Å². The summed E-state index contributed by atoms with van der Waals surface area (Å²) in [6.45, 7) is 2.51. The normalized spacial score (nSPS) is 13.9. The molecule has 2 amide bonds. The summed E-state index contributed by atoms with van der Waals surface area (Å²) in [7, 11) is 0. The van der Waals surface area contributed by atoms with Crippen molar-refractivity contribution in [2.24, 2.45) is 5.10 Å². The zero-order valence-electron chi connectivity index (χ0n) is 18.3. The van der Waals surface area contributed by atoms with E-state index in [4.69, 9.17) is 4.74 Å². The van der Waals surface area contributed by atoms with Crippen LogP contribution in [0.3, 0.4) is 0 Å². The molecule has 10 nitrogen and oxygen atoms in total. The number of para-hydroxylation sites is 1. The number of amides is 2. The van der Waals surface area contributed by atoms with Crippen LogP contribution in [0, 0.1) is 10.1 Å². The standard InChI is InChI=1S/C23H23N5O5S/c29-22(16-34-19-7-5-18(6-8-19)28(31)32)25-24-13-17-14-27(21-4-2-1-3-20(17)21)15-23(30)26-9-11-33-12-10-26/h1-8,13-14H,9-12,15-16H2,(H,25,29)/b24-13-. The molecule has 0 unspecified atom stereocenters. The van der Waals surface area contributed by atoms with Crippen LogP contribution in [0.5, 0.6) is 0 Å². The molecule has 11 heteroatoms. The number of thioether (sulfide) groups is 1. The summed E-state index contributed by atoms with van der Waals surface area (Å²) in [6, 6.07) is 13.7. The number of aromatic nitrogens is 1. The predicted molar refractivity (Wildman–Crippen MR) is 129 cm³/mol. The molecule has 4 rings (SSSR count). The number of nitrogens with zero attached hydrogens (tertiary/aromatic N) is 4. The third kappa shape index (κ3) is 5.80. The molecule has 0 bridgehead atoms. The quantitative estimate of drug-likeness (QED) is 0.229. The molecule has 1 saturated heterocycles. The highest BCUT2D eigenvalue weighted by atomic mass is 32.2. The fourth-order valence-corrected chi connectivity index (χ4v) is 4.28. The zero-order chi connectivity index (χ0) is 23.9. The predicted octanol–water partition coefficient (Wildman–Crippen LogP) is 2.65. The Bertz CT molecular complexity index is 1220. The molecule has 0 spiro atoms. The van der Waals surface area contributed by atoms with Crippen molar-refractivity contribution in [2.45, 2.75) is 11.4 Å². The number of non-ortho nitro benzene ring substituents is 1. The Morgan fingerprint density at radius 1 is 1.15 bits per heavy atom. The molecule has 0 atom stereocenters. The van der Waals surface area contributed by atoms with Gasteiger partial charge < -0.3 is 14.2 Å². The zero-order valence-corrected chi connectivity index (χ0v) is 19.1. The monoisotopic (exact) mass is 481 g/mol. The Hall–Kier alpha value is -3.70. The highest BCUT2D eigenvalue weighted by Gasteiger charge is 2.18. The molecule has 0 saturated carbocycles. The van der Waals surface area contributed by atoms with Crippen molar-refractivity contribution in [3.05, 3.63) is 70.4 Å². The van der Waals surface area contributed by atoms with Crippen molar-refractivity contribution in [2.75, 3.05) is 32.1 Å². The second kappa shape index (κ2) is 10.9. The fourth-order valence-electron chi connectivity index (χ4n) is 3.59. The van der Waals surface area contributed by atoms with E-state index in [2.05, 4.69) is 10.5 Å². The molecule has 1 aromatic heterocycles. The first-order valence-corrected chi connectivity index (χ1v) is 11.6. The second-order valence-corrected chi connectivity index (χ2v) is 8.60. The topological polar surface area (TPSA) is 119 Å². The average Bonchev–Trinajstić information content (AvgIpc) is 3.21. The van der Waals surface area contributed by atoms with Crippen LogP contribution in [-0.4, -0.2) is 64.5 Å². The van der Waals surface area contributed by atoms with Gasteiger partial charge in [0.2, 0.25) is 11.8 Å². The minimum absolute atomic E-state index is 0.00390. The lowest BCUT2D eigenvalue weighted by molar-refractivity contribution is -0.384. The van der Waals surface area contributed by atoms with Gasteiger partial charge in [-0.15, -0.1) is 11.8 Å². The van der Waals surface area contributed by atoms with Crippen molar-refractivity contribution in [1.82, 2.24) is 14.9 Å². The van der Waals surface area contributed by atoms with E-state index < -0.39 is 4.92 Å². The maximum atomic E-state index is 12.7. The third-order valence-corrected chi connectivity index (χ3v) is 6.31. The number of nitrogens with one attached hydrogen (secondary N) is 1. The molecule has 1 aliphatic rings. The maximum absolute atomic E-state index is 12.7. The smallest absolute Gasteiger partial charge is 0.269 e. The van der Waals surface area contributed by atoms with Gasteiger partial charge in [-0.05, 0) is 18.2 Å². The Morgan fingerprint density at radius 2 is 1.88 bits per heavy atom. The summed E-state index contributed by atoms with van der Waals surface area (Å²) < 4.78 is 7.20. The van der Waals surface area contributed by atoms with Crippen LogP contribution in [-0.2, 0) is 20.9 Å². The largest absolute Gasteiger partial charge is 0.378 e. The van der Waals surface area contributed by atoms with Crippen LogP contribution in [0.4, 0.5) is 5.69 Å². The molecule has 2 aromatic carbocycles. The lowest BCUT2D eigenvalue weighted by Gasteiger charge is -2.27. The van der Waals surface area contributed by atoms with Crippen molar-refractivity contribution >= 4 is 46.4 Å². The summed E-state index contributed by atoms with van der Waals surface area (Å²) in [5.74, 6) is -0.153. The number of nitro groups is 1. The number of hydrazone groups is 1. The van der Waals surface area contributed by atoms with E-state index >= 15 is 0 Å². The molecular weight excluding hydrogens is 458 g/mol. The van der Waals surface area contributed by atoms with Gasteiger partial charge in [0, 0.05) is 52.8 Å². The second-order valence-electron chi connectivity index (χ2n) is 7.56. The number of rotatable bonds is 8. The van der Waals surface area contributed by atoms with E-state index in [9.17, 15) is 19.7 Å². The van der Waals surface area contributed by atoms with Gasteiger partial charge in [-0.1, -0.05) is 18.2 Å². The molecule has 2 heterocycles. The van der Waals surface area contributed by atoms with E-state index in [1.54, 1.807) is 23.2 Å². The minimum atomic E-state index is -0.467. The van der Waals surface area contributed by atoms with E-state index in [0.717, 1.165) is 21.4 Å². The maximum Gasteiger partial charge on any atom is 0.269 e. The third-order valence-electron chi connectivity index (χ3n) is 5.30. The minimum Gasteiger partial charge on any atom is -0.378 e. The Balaban J connectivity index is 1.36. The number of nitro benzene ring substituents is 1. The van der Waals surface area contributed by atoms with Crippen LogP contribution in [0.1, 0.15) is 5.56 Å². The first-order valence-electron chi connectivity index (χ1n) is 10.6. The van der Waals surface area contributed by atoms with Gasteiger partial charge in [-0.3, -0.25) is 19.7 Å². The molecule has 1 aliphatic heterocycles. The van der Waals surface area contributed by atoms with E-state index in [1.165, 1.54) is 23.9 Å². The van der Waals surface area contributed by atoms with Gasteiger partial charge in [-0.25, -0.2) is 5.43 Å². The Morgan fingerprint density at radius 3 is 2.62 bits per heavy atom. The summed E-state index contributed by atoms with van der Waals surface area (Å²) >= 11 is 1.26. The highest BCUT2D eigenvalue weighted by molar-refractivity contribution is 8.00. The Labute approximate surface area is 199 Å². The lowest BCUT2D eigenvalue weighted by Crippen LogP contribution is -2.42. The van der Waals surface area contributed by atoms with Crippen LogP contribution < -0.4 is 5.43 Å². The van der Waals surface area contributed by atoms with Crippen LogP contribution in [0.25, 0.3) is 10.9 Å². The van der Waals surface area contributed by atoms with Crippen molar-refractivity contribution in [1.29, 1.82) is 0 Å². The van der Waals surface area contributed by atoms with Gasteiger partial charge in [0.05, 0.1) is 30.1 Å².